The molecule has 2 heteroatoms. The third-order valence-corrected chi connectivity index (χ3v) is 12.5. The van der Waals surface area contributed by atoms with Crippen molar-refractivity contribution < 1.29 is 4.42 Å². The lowest BCUT2D eigenvalue weighted by atomic mass is 9.93. The zero-order valence-electron chi connectivity index (χ0n) is 33.9. The molecule has 0 bridgehead atoms. The molecule has 0 spiro atoms. The van der Waals surface area contributed by atoms with Crippen molar-refractivity contribution in [3.63, 3.8) is 0 Å². The van der Waals surface area contributed by atoms with E-state index in [4.69, 9.17) is 4.42 Å². The van der Waals surface area contributed by atoms with Gasteiger partial charge < -0.3 is 9.32 Å². The van der Waals surface area contributed by atoms with Gasteiger partial charge in [0.2, 0.25) is 0 Å². The minimum atomic E-state index is 0.900. The van der Waals surface area contributed by atoms with Gasteiger partial charge in [-0.3, -0.25) is 0 Å². The van der Waals surface area contributed by atoms with Crippen molar-refractivity contribution in [1.82, 2.24) is 0 Å². The predicted molar refractivity (Wildman–Crippen MR) is 264 cm³/mol. The van der Waals surface area contributed by atoms with Crippen LogP contribution in [0.3, 0.4) is 0 Å². The van der Waals surface area contributed by atoms with Gasteiger partial charge in [0.1, 0.15) is 11.2 Å². The lowest BCUT2D eigenvalue weighted by molar-refractivity contribution is 0.670. The van der Waals surface area contributed by atoms with Gasteiger partial charge in [0, 0.05) is 33.1 Å². The number of benzene rings is 10. The Bertz CT molecular complexity index is 3650. The molecule has 0 fully saturated rings. The maximum absolute atomic E-state index is 6.50. The van der Waals surface area contributed by atoms with Crippen LogP contribution in [0.25, 0.3) is 98.1 Å². The van der Waals surface area contributed by atoms with Gasteiger partial charge in [-0.2, -0.15) is 0 Å². The van der Waals surface area contributed by atoms with Crippen LogP contribution in [0, 0.1) is 0 Å². The quantitative estimate of drug-likeness (QED) is 0.173. The second-order valence-corrected chi connectivity index (χ2v) is 16.0. The topological polar surface area (TPSA) is 16.4 Å². The fourth-order valence-electron chi connectivity index (χ4n) is 9.65. The molecular formula is C60H39NO. The molecule has 0 saturated heterocycles. The smallest absolute Gasteiger partial charge is 0.143 e. The van der Waals surface area contributed by atoms with Crippen LogP contribution in [0.1, 0.15) is 0 Å². The number of fused-ring (bicyclic) bond motifs is 13. The molecule has 12 aromatic rings. The van der Waals surface area contributed by atoms with Crippen molar-refractivity contribution in [2.24, 2.45) is 0 Å². The Kier molecular flexibility index (Phi) is 8.53. The van der Waals surface area contributed by atoms with Crippen LogP contribution in [0.5, 0.6) is 0 Å². The second-order valence-electron chi connectivity index (χ2n) is 16.0. The van der Waals surface area contributed by atoms with Crippen LogP contribution in [0.4, 0.5) is 17.1 Å². The Morgan fingerprint density at radius 2 is 0.645 bits per heavy atom. The number of para-hydroxylation sites is 2. The van der Waals surface area contributed by atoms with E-state index in [-0.39, 0.29) is 0 Å². The molecule has 1 aromatic heterocycles. The molecule has 1 heterocycles. The number of hydrogen-bond acceptors (Lipinski definition) is 2. The summed E-state index contributed by atoms with van der Waals surface area (Å²) in [5.74, 6) is 0. The Labute approximate surface area is 359 Å². The Morgan fingerprint density at radius 1 is 0.258 bits per heavy atom. The van der Waals surface area contributed by atoms with Gasteiger partial charge in [0.25, 0.3) is 0 Å². The van der Waals surface area contributed by atoms with Gasteiger partial charge in [-0.15, -0.1) is 0 Å². The van der Waals surface area contributed by atoms with Crippen LogP contribution in [0.2, 0.25) is 0 Å². The van der Waals surface area contributed by atoms with Crippen molar-refractivity contribution in [3.8, 4) is 22.3 Å². The standard InChI is InChI=1S/C60H39NO/c1-2-16-40(17-3-1)41-32-36-43(37-33-41)61(44-38-34-42(35-39-44)45-27-14-29-56-53-25-12-13-31-58(53)62-60(45)56)57-30-15-28-55-52-23-9-8-22-50(52)48-19-5-4-18-46(48)47-20-6-7-21-49(47)51-24-10-11-26-54(51)59(55)57/h1-39H. The molecule has 2 nitrogen and oxygen atoms in total. The van der Waals surface area contributed by atoms with E-state index in [9.17, 15) is 0 Å². The molecule has 11 aromatic carbocycles. The normalized spacial score (nSPS) is 11.5. The van der Waals surface area contributed by atoms with Crippen molar-refractivity contribution in [2.45, 2.75) is 0 Å². The summed E-state index contributed by atoms with van der Waals surface area (Å²) in [5, 5.41) is 14.3. The molecule has 0 N–H and O–H groups in total. The molecule has 0 unspecified atom stereocenters. The number of hydrogen-bond donors (Lipinski definition) is 0. The third-order valence-electron chi connectivity index (χ3n) is 12.5. The van der Waals surface area contributed by atoms with E-state index in [0.717, 1.165) is 50.1 Å². The third kappa shape index (κ3) is 5.88. The van der Waals surface area contributed by atoms with Gasteiger partial charge in [-0.25, -0.2) is 0 Å². The maximum atomic E-state index is 6.50. The molecule has 12 rings (SSSR count). The number of nitrogens with zero attached hydrogens (tertiary/aromatic N) is 1. The lowest BCUT2D eigenvalue weighted by Gasteiger charge is -2.28. The highest BCUT2D eigenvalue weighted by Gasteiger charge is 2.20. The molecule has 62 heavy (non-hydrogen) atoms. The zero-order chi connectivity index (χ0) is 41.0. The molecule has 0 aliphatic carbocycles. The average Bonchev–Trinajstić information content (AvgIpc) is 3.74. The largest absolute Gasteiger partial charge is 0.455 e. The molecule has 0 atom stereocenters. The summed E-state index contributed by atoms with van der Waals surface area (Å²) in [7, 11) is 0. The van der Waals surface area contributed by atoms with Crippen LogP contribution in [-0.4, -0.2) is 0 Å². The molecule has 0 amide bonds. The Morgan fingerprint density at radius 3 is 1.19 bits per heavy atom. The summed E-state index contributed by atoms with van der Waals surface area (Å²) < 4.78 is 6.50. The molecular weight excluding hydrogens is 751 g/mol. The zero-order valence-corrected chi connectivity index (χ0v) is 33.9. The van der Waals surface area contributed by atoms with Gasteiger partial charge in [0.15, 0.2) is 0 Å². The number of anilines is 3. The van der Waals surface area contributed by atoms with E-state index < -0.39 is 0 Å². The van der Waals surface area contributed by atoms with Gasteiger partial charge in [0.05, 0.1) is 5.69 Å². The molecule has 0 aliphatic rings. The summed E-state index contributed by atoms with van der Waals surface area (Å²) >= 11 is 0. The van der Waals surface area contributed by atoms with Gasteiger partial charge >= 0.3 is 0 Å². The molecule has 290 valence electrons. The van der Waals surface area contributed by atoms with Crippen molar-refractivity contribution >= 4 is 92.9 Å². The first kappa shape index (κ1) is 35.7. The first-order valence-corrected chi connectivity index (χ1v) is 21.3. The average molecular weight is 790 g/mol. The Balaban J connectivity index is 1.17. The predicted octanol–water partition coefficient (Wildman–Crippen LogP) is 17.3. The minimum absolute atomic E-state index is 0.900. The van der Waals surface area contributed by atoms with E-state index in [0.29, 0.717) is 0 Å². The van der Waals surface area contributed by atoms with Crippen LogP contribution in [0.15, 0.2) is 241 Å². The Hall–Kier alpha value is -8.20. The van der Waals surface area contributed by atoms with Crippen molar-refractivity contribution in [3.05, 3.63) is 237 Å². The first-order valence-electron chi connectivity index (χ1n) is 21.3. The summed E-state index contributed by atoms with van der Waals surface area (Å²) in [5.41, 5.74) is 9.56. The van der Waals surface area contributed by atoms with E-state index in [2.05, 4.69) is 229 Å². The van der Waals surface area contributed by atoms with Crippen molar-refractivity contribution in [1.29, 1.82) is 0 Å². The van der Waals surface area contributed by atoms with E-state index in [1.54, 1.807) is 0 Å². The maximum Gasteiger partial charge on any atom is 0.143 e. The second kappa shape index (κ2) is 14.8. The van der Waals surface area contributed by atoms with Crippen LogP contribution < -0.4 is 4.90 Å². The molecule has 0 radical (unpaired) electrons. The van der Waals surface area contributed by atoms with Crippen molar-refractivity contribution in [2.75, 3.05) is 4.90 Å². The van der Waals surface area contributed by atoms with Gasteiger partial charge in [-0.1, -0.05) is 200 Å². The fraction of sp³-hybridized carbons (Fsp3) is 0. The molecule has 0 saturated carbocycles. The molecule has 0 aliphatic heterocycles. The minimum Gasteiger partial charge on any atom is -0.455 e. The lowest BCUT2D eigenvalue weighted by Crippen LogP contribution is -2.10. The summed E-state index contributed by atoms with van der Waals surface area (Å²) in [4.78, 5) is 2.43. The van der Waals surface area contributed by atoms with E-state index >= 15 is 0 Å². The fourth-order valence-corrected chi connectivity index (χ4v) is 9.65. The first-order chi connectivity index (χ1) is 30.8. The SMILES string of the molecule is c1ccc(-c2ccc(N(c3ccc(-c4cccc5c4oc4ccccc45)cc3)c3cccc4c5ccccc5c5ccccc5c5ccccc5c5ccccc5c34)cc2)cc1. The number of rotatable bonds is 5. The summed E-state index contributed by atoms with van der Waals surface area (Å²) in [6, 6.07) is 85.7. The van der Waals surface area contributed by atoms with E-state index in [1.807, 2.05) is 12.1 Å². The van der Waals surface area contributed by atoms with Gasteiger partial charge in [-0.05, 0) is 102 Å². The van der Waals surface area contributed by atoms with Crippen LogP contribution >= 0.6 is 0 Å². The highest BCUT2D eigenvalue weighted by Crippen LogP contribution is 2.45. The highest BCUT2D eigenvalue weighted by molar-refractivity contribution is 6.28. The van der Waals surface area contributed by atoms with Crippen LogP contribution in [-0.2, 0) is 0 Å². The highest BCUT2D eigenvalue weighted by atomic mass is 16.3. The number of furan rings is 1. The summed E-state index contributed by atoms with van der Waals surface area (Å²) in [6.07, 6.45) is 0. The summed E-state index contributed by atoms with van der Waals surface area (Å²) in [6.45, 7) is 0. The monoisotopic (exact) mass is 789 g/mol. The van der Waals surface area contributed by atoms with E-state index in [1.165, 1.54) is 65.0 Å².